The maximum atomic E-state index is 6.15. The SMILES string of the molecule is CCCNC(COC(C)C)C1CCOC2(CCSC2)C1. The third kappa shape index (κ3) is 4.62. The Kier molecular flexibility index (Phi) is 6.66. The Morgan fingerprint density at radius 3 is 2.95 bits per heavy atom. The van der Waals surface area contributed by atoms with Crippen LogP contribution in [-0.2, 0) is 9.47 Å². The lowest BCUT2D eigenvalue weighted by Gasteiger charge is -2.41. The van der Waals surface area contributed by atoms with Crippen molar-refractivity contribution in [2.45, 2.75) is 64.2 Å². The van der Waals surface area contributed by atoms with Crippen LogP contribution >= 0.6 is 11.8 Å². The first-order chi connectivity index (χ1) is 9.65. The number of nitrogens with one attached hydrogen (secondary N) is 1. The smallest absolute Gasteiger partial charge is 0.0783 e. The van der Waals surface area contributed by atoms with Gasteiger partial charge >= 0.3 is 0 Å². The molecule has 2 aliphatic heterocycles. The second kappa shape index (κ2) is 8.02. The summed E-state index contributed by atoms with van der Waals surface area (Å²) >= 11 is 2.05. The summed E-state index contributed by atoms with van der Waals surface area (Å²) in [6.07, 6.45) is 5.12. The quantitative estimate of drug-likeness (QED) is 0.783. The molecule has 0 aromatic carbocycles. The van der Waals surface area contributed by atoms with Crippen LogP contribution in [-0.4, -0.2) is 49.0 Å². The van der Waals surface area contributed by atoms with Gasteiger partial charge in [0.15, 0.2) is 0 Å². The highest BCUT2D eigenvalue weighted by Gasteiger charge is 2.42. The number of rotatable bonds is 7. The molecule has 3 unspecified atom stereocenters. The normalized spacial score (nSPS) is 32.1. The van der Waals surface area contributed by atoms with Gasteiger partial charge in [-0.05, 0) is 57.7 Å². The van der Waals surface area contributed by atoms with Crippen molar-refractivity contribution < 1.29 is 9.47 Å². The first-order valence-electron chi connectivity index (χ1n) is 8.22. The molecule has 118 valence electrons. The van der Waals surface area contributed by atoms with Crippen LogP contribution in [0.1, 0.15) is 46.5 Å². The average molecular weight is 301 g/mol. The molecule has 1 spiro atoms. The van der Waals surface area contributed by atoms with E-state index in [4.69, 9.17) is 9.47 Å². The molecule has 0 aromatic heterocycles. The van der Waals surface area contributed by atoms with E-state index in [-0.39, 0.29) is 5.60 Å². The molecule has 3 nitrogen and oxygen atoms in total. The number of hydrogen-bond donors (Lipinski definition) is 1. The molecule has 2 saturated heterocycles. The zero-order valence-corrected chi connectivity index (χ0v) is 14.1. The molecule has 2 aliphatic rings. The van der Waals surface area contributed by atoms with Gasteiger partial charge in [0.25, 0.3) is 0 Å². The topological polar surface area (TPSA) is 30.5 Å². The van der Waals surface area contributed by atoms with Crippen molar-refractivity contribution in [1.82, 2.24) is 5.32 Å². The first-order valence-corrected chi connectivity index (χ1v) is 9.37. The van der Waals surface area contributed by atoms with Gasteiger partial charge in [-0.2, -0.15) is 11.8 Å². The van der Waals surface area contributed by atoms with Crippen molar-refractivity contribution in [3.63, 3.8) is 0 Å². The van der Waals surface area contributed by atoms with E-state index in [9.17, 15) is 0 Å². The molecule has 0 saturated carbocycles. The highest BCUT2D eigenvalue weighted by Crippen LogP contribution is 2.41. The Bertz CT molecular complexity index is 280. The molecule has 2 heterocycles. The fraction of sp³-hybridized carbons (Fsp3) is 1.00. The second-order valence-electron chi connectivity index (χ2n) is 6.53. The van der Waals surface area contributed by atoms with E-state index in [1.807, 2.05) is 0 Å². The van der Waals surface area contributed by atoms with Gasteiger partial charge in [0.05, 0.1) is 18.3 Å². The first kappa shape index (κ1) is 16.6. The van der Waals surface area contributed by atoms with Gasteiger partial charge in [-0.15, -0.1) is 0 Å². The van der Waals surface area contributed by atoms with E-state index in [2.05, 4.69) is 37.8 Å². The lowest BCUT2D eigenvalue weighted by atomic mass is 9.81. The summed E-state index contributed by atoms with van der Waals surface area (Å²) in [4.78, 5) is 0. The largest absolute Gasteiger partial charge is 0.377 e. The van der Waals surface area contributed by atoms with E-state index in [0.717, 1.165) is 19.8 Å². The lowest BCUT2D eigenvalue weighted by molar-refractivity contribution is -0.0910. The van der Waals surface area contributed by atoms with Crippen molar-refractivity contribution in [3.05, 3.63) is 0 Å². The molecule has 0 aliphatic carbocycles. The monoisotopic (exact) mass is 301 g/mol. The summed E-state index contributed by atoms with van der Waals surface area (Å²) in [6, 6.07) is 0.490. The minimum Gasteiger partial charge on any atom is -0.377 e. The fourth-order valence-electron chi connectivity index (χ4n) is 3.26. The van der Waals surface area contributed by atoms with Gasteiger partial charge in [0, 0.05) is 18.4 Å². The third-order valence-electron chi connectivity index (χ3n) is 4.43. The maximum absolute atomic E-state index is 6.15. The van der Waals surface area contributed by atoms with Gasteiger partial charge in [-0.1, -0.05) is 6.92 Å². The Morgan fingerprint density at radius 1 is 1.45 bits per heavy atom. The lowest BCUT2D eigenvalue weighted by Crippen LogP contribution is -2.49. The molecular formula is C16H31NO2S. The standard InChI is InChI=1S/C16H31NO2S/c1-4-7-17-15(11-18-13(2)3)14-5-8-19-16(10-14)6-9-20-12-16/h13-15,17H,4-12H2,1-3H3. The van der Waals surface area contributed by atoms with Crippen LogP contribution < -0.4 is 5.32 Å². The van der Waals surface area contributed by atoms with Gasteiger partial charge in [-0.3, -0.25) is 0 Å². The molecule has 0 aromatic rings. The van der Waals surface area contributed by atoms with E-state index in [1.165, 1.54) is 37.2 Å². The van der Waals surface area contributed by atoms with Gasteiger partial charge < -0.3 is 14.8 Å². The summed E-state index contributed by atoms with van der Waals surface area (Å²) in [5.41, 5.74) is 0.178. The van der Waals surface area contributed by atoms with Gasteiger partial charge in [-0.25, -0.2) is 0 Å². The zero-order chi connectivity index (χ0) is 14.4. The Morgan fingerprint density at radius 2 is 2.30 bits per heavy atom. The number of hydrogen-bond acceptors (Lipinski definition) is 4. The van der Waals surface area contributed by atoms with Crippen molar-refractivity contribution in [2.75, 3.05) is 31.3 Å². The molecule has 3 atom stereocenters. The van der Waals surface area contributed by atoms with E-state index in [0.29, 0.717) is 18.1 Å². The molecule has 0 bridgehead atoms. The fourth-order valence-corrected chi connectivity index (χ4v) is 4.64. The molecule has 2 rings (SSSR count). The summed E-state index contributed by atoms with van der Waals surface area (Å²) < 4.78 is 12.0. The van der Waals surface area contributed by atoms with Crippen LogP contribution in [0.25, 0.3) is 0 Å². The molecule has 1 N–H and O–H groups in total. The van der Waals surface area contributed by atoms with Crippen LogP contribution in [0.5, 0.6) is 0 Å². The minimum atomic E-state index is 0.178. The van der Waals surface area contributed by atoms with Crippen molar-refractivity contribution in [3.8, 4) is 0 Å². The second-order valence-corrected chi connectivity index (χ2v) is 7.63. The Balaban J connectivity index is 1.91. The van der Waals surface area contributed by atoms with Crippen LogP contribution in [0.2, 0.25) is 0 Å². The predicted molar refractivity (Wildman–Crippen MR) is 86.5 cm³/mol. The molecular weight excluding hydrogens is 270 g/mol. The van der Waals surface area contributed by atoms with Gasteiger partial charge in [0.1, 0.15) is 0 Å². The summed E-state index contributed by atoms with van der Waals surface area (Å²) in [7, 11) is 0. The molecule has 20 heavy (non-hydrogen) atoms. The number of thioether (sulfide) groups is 1. The Labute approximate surface area is 128 Å². The van der Waals surface area contributed by atoms with Gasteiger partial charge in [0.2, 0.25) is 0 Å². The van der Waals surface area contributed by atoms with E-state index < -0.39 is 0 Å². The minimum absolute atomic E-state index is 0.178. The average Bonchev–Trinajstić information content (AvgIpc) is 2.86. The molecule has 2 fully saturated rings. The van der Waals surface area contributed by atoms with Crippen LogP contribution in [0, 0.1) is 5.92 Å². The van der Waals surface area contributed by atoms with E-state index >= 15 is 0 Å². The van der Waals surface area contributed by atoms with Crippen molar-refractivity contribution in [2.24, 2.45) is 5.92 Å². The van der Waals surface area contributed by atoms with Crippen molar-refractivity contribution in [1.29, 1.82) is 0 Å². The number of ether oxygens (including phenoxy) is 2. The summed E-state index contributed by atoms with van der Waals surface area (Å²) in [5.74, 6) is 3.16. The van der Waals surface area contributed by atoms with Crippen LogP contribution in [0.15, 0.2) is 0 Å². The zero-order valence-electron chi connectivity index (χ0n) is 13.3. The van der Waals surface area contributed by atoms with Crippen LogP contribution in [0.3, 0.4) is 0 Å². The maximum Gasteiger partial charge on any atom is 0.0783 e. The van der Waals surface area contributed by atoms with Crippen LogP contribution in [0.4, 0.5) is 0 Å². The predicted octanol–water partition coefficient (Wildman–Crippen LogP) is 3.08. The van der Waals surface area contributed by atoms with E-state index in [1.54, 1.807) is 0 Å². The molecule has 4 heteroatoms. The highest BCUT2D eigenvalue weighted by molar-refractivity contribution is 7.99. The third-order valence-corrected chi connectivity index (χ3v) is 5.66. The summed E-state index contributed by atoms with van der Waals surface area (Å²) in [6.45, 7) is 9.33. The molecule has 0 radical (unpaired) electrons. The Hall–Kier alpha value is 0.230. The summed E-state index contributed by atoms with van der Waals surface area (Å²) in [5, 5.41) is 3.71. The highest BCUT2D eigenvalue weighted by atomic mass is 32.2. The molecule has 0 amide bonds. The van der Waals surface area contributed by atoms with Crippen molar-refractivity contribution >= 4 is 11.8 Å².